The van der Waals surface area contributed by atoms with Gasteiger partial charge >= 0.3 is 0 Å². The standard InChI is InChI=1S/C19H25N3/c1-14-4-6-17(7-5-14)19(12-20)18-10-8-16(9-11-18)15(2)13-22-21-3/h4-11,13,15,19,21H,12,20H2,1-3H3/b22-13-/t15?,19-/m0/s1. The Bertz CT molecular complexity index is 600. The van der Waals surface area contributed by atoms with Crippen LogP contribution in [0.25, 0.3) is 0 Å². The van der Waals surface area contributed by atoms with Crippen LogP contribution in [-0.4, -0.2) is 19.8 Å². The predicted molar refractivity (Wildman–Crippen MR) is 94.5 cm³/mol. The molecular weight excluding hydrogens is 270 g/mol. The predicted octanol–water partition coefficient (Wildman–Crippen LogP) is 3.39. The lowest BCUT2D eigenvalue weighted by atomic mass is 9.89. The minimum atomic E-state index is 0.246. The Kier molecular flexibility index (Phi) is 5.73. The van der Waals surface area contributed by atoms with Crippen molar-refractivity contribution in [3.05, 3.63) is 70.8 Å². The summed E-state index contributed by atoms with van der Waals surface area (Å²) in [6, 6.07) is 17.3. The molecule has 0 heterocycles. The van der Waals surface area contributed by atoms with Crippen molar-refractivity contribution in [1.82, 2.24) is 5.43 Å². The van der Waals surface area contributed by atoms with E-state index in [9.17, 15) is 0 Å². The molecule has 2 aromatic carbocycles. The van der Waals surface area contributed by atoms with Gasteiger partial charge in [0.1, 0.15) is 0 Å². The number of hydrogen-bond donors (Lipinski definition) is 2. The molecule has 116 valence electrons. The Labute approximate surface area is 133 Å². The zero-order valence-electron chi connectivity index (χ0n) is 13.6. The Morgan fingerprint density at radius 3 is 2.00 bits per heavy atom. The molecule has 0 saturated heterocycles. The van der Waals surface area contributed by atoms with Gasteiger partial charge in [0.2, 0.25) is 0 Å². The molecule has 0 bridgehead atoms. The van der Waals surface area contributed by atoms with Crippen molar-refractivity contribution in [1.29, 1.82) is 0 Å². The minimum Gasteiger partial charge on any atom is -0.330 e. The van der Waals surface area contributed by atoms with E-state index >= 15 is 0 Å². The third-order valence-corrected chi connectivity index (χ3v) is 4.01. The first-order valence-electron chi connectivity index (χ1n) is 7.72. The smallest absolute Gasteiger partial charge is 0.0314 e. The molecule has 0 amide bonds. The zero-order chi connectivity index (χ0) is 15.9. The summed E-state index contributed by atoms with van der Waals surface area (Å²) in [4.78, 5) is 0. The van der Waals surface area contributed by atoms with Gasteiger partial charge < -0.3 is 11.2 Å². The van der Waals surface area contributed by atoms with Crippen molar-refractivity contribution >= 4 is 6.21 Å². The normalized spacial score (nSPS) is 14.0. The van der Waals surface area contributed by atoms with E-state index in [-0.39, 0.29) is 11.8 Å². The Balaban J connectivity index is 2.20. The fraction of sp³-hybridized carbons (Fsp3) is 0.316. The number of nitrogens with two attached hydrogens (primary N) is 1. The number of aryl methyl sites for hydroxylation is 1. The summed E-state index contributed by atoms with van der Waals surface area (Å²) in [6.07, 6.45) is 1.91. The Morgan fingerprint density at radius 2 is 1.50 bits per heavy atom. The highest BCUT2D eigenvalue weighted by molar-refractivity contribution is 5.67. The number of benzene rings is 2. The highest BCUT2D eigenvalue weighted by Gasteiger charge is 2.13. The number of nitrogens with zero attached hydrogens (tertiary/aromatic N) is 1. The molecule has 0 spiro atoms. The molecule has 3 heteroatoms. The van der Waals surface area contributed by atoms with Crippen molar-refractivity contribution in [3.8, 4) is 0 Å². The summed E-state index contributed by atoms with van der Waals surface area (Å²) in [6.45, 7) is 4.85. The first kappa shape index (κ1) is 16.2. The van der Waals surface area contributed by atoms with E-state index in [0.29, 0.717) is 6.54 Å². The number of rotatable bonds is 6. The second-order valence-electron chi connectivity index (χ2n) is 5.66. The van der Waals surface area contributed by atoms with Crippen LogP contribution in [0.5, 0.6) is 0 Å². The summed E-state index contributed by atoms with van der Waals surface area (Å²) in [5, 5.41) is 4.08. The average molecular weight is 295 g/mol. The fourth-order valence-electron chi connectivity index (χ4n) is 2.57. The van der Waals surface area contributed by atoms with Crippen LogP contribution in [0.15, 0.2) is 53.6 Å². The highest BCUT2D eigenvalue weighted by Crippen LogP contribution is 2.25. The van der Waals surface area contributed by atoms with Crippen LogP contribution in [0.4, 0.5) is 0 Å². The number of hydrazone groups is 1. The maximum atomic E-state index is 6.01. The first-order valence-corrected chi connectivity index (χ1v) is 7.72. The minimum absolute atomic E-state index is 0.246. The molecule has 0 radical (unpaired) electrons. The van der Waals surface area contributed by atoms with Crippen molar-refractivity contribution in [2.75, 3.05) is 13.6 Å². The number of hydrogen-bond acceptors (Lipinski definition) is 3. The second kappa shape index (κ2) is 7.76. The summed E-state index contributed by atoms with van der Waals surface area (Å²) in [5.74, 6) is 0.535. The largest absolute Gasteiger partial charge is 0.330 e. The van der Waals surface area contributed by atoms with Crippen molar-refractivity contribution in [2.24, 2.45) is 10.8 Å². The third kappa shape index (κ3) is 3.95. The second-order valence-corrected chi connectivity index (χ2v) is 5.66. The van der Waals surface area contributed by atoms with Gasteiger partial charge in [0.05, 0.1) is 0 Å². The molecule has 0 fully saturated rings. The molecule has 2 aromatic rings. The Hall–Kier alpha value is -2.13. The maximum Gasteiger partial charge on any atom is 0.0314 e. The lowest BCUT2D eigenvalue weighted by molar-refractivity contribution is 0.817. The topological polar surface area (TPSA) is 50.4 Å². The van der Waals surface area contributed by atoms with E-state index in [4.69, 9.17) is 5.73 Å². The molecule has 0 saturated carbocycles. The van der Waals surface area contributed by atoms with E-state index in [1.807, 2.05) is 6.21 Å². The SMILES string of the molecule is CN/N=C\C(C)c1ccc([C@@H](CN)c2ccc(C)cc2)cc1. The molecular formula is C19H25N3. The van der Waals surface area contributed by atoms with Gasteiger partial charge in [-0.1, -0.05) is 61.0 Å². The van der Waals surface area contributed by atoms with Crippen molar-refractivity contribution in [2.45, 2.75) is 25.7 Å². The van der Waals surface area contributed by atoms with Crippen LogP contribution in [0, 0.1) is 6.92 Å². The number of nitrogens with one attached hydrogen (secondary N) is 1. The van der Waals surface area contributed by atoms with Gasteiger partial charge in [-0.15, -0.1) is 0 Å². The zero-order valence-corrected chi connectivity index (χ0v) is 13.6. The maximum absolute atomic E-state index is 6.01. The molecule has 0 aliphatic heterocycles. The van der Waals surface area contributed by atoms with Gasteiger partial charge in [0.15, 0.2) is 0 Å². The van der Waals surface area contributed by atoms with E-state index < -0.39 is 0 Å². The van der Waals surface area contributed by atoms with Crippen molar-refractivity contribution in [3.63, 3.8) is 0 Å². The summed E-state index contributed by atoms with van der Waals surface area (Å²) in [7, 11) is 1.81. The van der Waals surface area contributed by atoms with Gasteiger partial charge in [-0.25, -0.2) is 0 Å². The van der Waals surface area contributed by atoms with E-state index in [1.165, 1.54) is 22.3 Å². The van der Waals surface area contributed by atoms with Gasteiger partial charge in [-0.05, 0) is 23.6 Å². The molecule has 3 N–H and O–H groups in total. The van der Waals surface area contributed by atoms with E-state index in [0.717, 1.165) is 0 Å². The Morgan fingerprint density at radius 1 is 1.00 bits per heavy atom. The van der Waals surface area contributed by atoms with Gasteiger partial charge in [0.25, 0.3) is 0 Å². The first-order chi connectivity index (χ1) is 10.7. The van der Waals surface area contributed by atoms with Gasteiger partial charge in [-0.3, -0.25) is 0 Å². The fourth-order valence-corrected chi connectivity index (χ4v) is 2.57. The van der Waals surface area contributed by atoms with Crippen LogP contribution in [0.3, 0.4) is 0 Å². The molecule has 3 nitrogen and oxygen atoms in total. The van der Waals surface area contributed by atoms with E-state index in [1.54, 1.807) is 7.05 Å². The molecule has 0 aromatic heterocycles. The summed E-state index contributed by atoms with van der Waals surface area (Å²) in [5.41, 5.74) is 13.8. The van der Waals surface area contributed by atoms with Crippen LogP contribution in [-0.2, 0) is 0 Å². The van der Waals surface area contributed by atoms with Crippen LogP contribution in [0.1, 0.15) is 41.0 Å². The van der Waals surface area contributed by atoms with Crippen LogP contribution < -0.4 is 11.2 Å². The van der Waals surface area contributed by atoms with Crippen LogP contribution in [0.2, 0.25) is 0 Å². The lowest BCUT2D eigenvalue weighted by Crippen LogP contribution is -2.14. The van der Waals surface area contributed by atoms with Gasteiger partial charge in [-0.2, -0.15) is 5.10 Å². The molecule has 0 aliphatic rings. The van der Waals surface area contributed by atoms with E-state index in [2.05, 4.69) is 72.9 Å². The summed E-state index contributed by atoms with van der Waals surface area (Å²) >= 11 is 0. The monoisotopic (exact) mass is 295 g/mol. The highest BCUT2D eigenvalue weighted by atomic mass is 15.3. The van der Waals surface area contributed by atoms with Crippen LogP contribution >= 0.6 is 0 Å². The molecule has 22 heavy (non-hydrogen) atoms. The van der Waals surface area contributed by atoms with Crippen molar-refractivity contribution < 1.29 is 0 Å². The molecule has 2 rings (SSSR count). The average Bonchev–Trinajstić information content (AvgIpc) is 2.55. The summed E-state index contributed by atoms with van der Waals surface area (Å²) < 4.78 is 0. The molecule has 0 aliphatic carbocycles. The lowest BCUT2D eigenvalue weighted by Gasteiger charge is -2.17. The molecule has 1 unspecified atom stereocenters. The quantitative estimate of drug-likeness (QED) is 0.634. The molecule has 2 atom stereocenters. The van der Waals surface area contributed by atoms with Gasteiger partial charge in [0, 0.05) is 31.6 Å². The third-order valence-electron chi connectivity index (χ3n) is 4.01.